The van der Waals surface area contributed by atoms with Gasteiger partial charge in [0.1, 0.15) is 5.82 Å². The zero-order valence-corrected chi connectivity index (χ0v) is 15.1. The standard InChI is InChI=1S/C20H17F4N3O/c1-3-27-17(11-18(26-27)20(22,23)24)15-8-7-13(10-16(15)21)19(28)25-14-6-4-5-12(2)9-14/h4-11H,3H2,1-2H3,(H,25,28). The maximum absolute atomic E-state index is 14.6. The average Bonchev–Trinajstić information content (AvgIpc) is 3.06. The topological polar surface area (TPSA) is 46.9 Å². The minimum Gasteiger partial charge on any atom is -0.322 e. The van der Waals surface area contributed by atoms with E-state index >= 15 is 0 Å². The lowest BCUT2D eigenvalue weighted by molar-refractivity contribution is -0.141. The number of carbonyl (C=O) groups is 1. The Balaban J connectivity index is 1.91. The zero-order valence-electron chi connectivity index (χ0n) is 15.1. The van der Waals surface area contributed by atoms with Gasteiger partial charge in [0, 0.05) is 23.4 Å². The molecule has 0 aliphatic carbocycles. The van der Waals surface area contributed by atoms with E-state index in [-0.39, 0.29) is 23.4 Å². The molecule has 0 radical (unpaired) electrons. The largest absolute Gasteiger partial charge is 0.435 e. The predicted octanol–water partition coefficient (Wildman–Crippen LogP) is 5.29. The molecule has 0 saturated heterocycles. The molecule has 146 valence electrons. The van der Waals surface area contributed by atoms with E-state index in [0.29, 0.717) is 5.69 Å². The summed E-state index contributed by atoms with van der Waals surface area (Å²) in [4.78, 5) is 12.3. The van der Waals surface area contributed by atoms with Crippen LogP contribution in [-0.4, -0.2) is 15.7 Å². The van der Waals surface area contributed by atoms with Crippen molar-refractivity contribution in [2.75, 3.05) is 5.32 Å². The van der Waals surface area contributed by atoms with Crippen LogP contribution in [-0.2, 0) is 12.7 Å². The quantitative estimate of drug-likeness (QED) is 0.615. The Morgan fingerprint density at radius 3 is 2.50 bits per heavy atom. The van der Waals surface area contributed by atoms with Gasteiger partial charge in [0.2, 0.25) is 0 Å². The molecule has 0 spiro atoms. The first kappa shape index (κ1) is 19.6. The van der Waals surface area contributed by atoms with Gasteiger partial charge in [0.05, 0.1) is 5.69 Å². The molecule has 0 aliphatic heterocycles. The molecule has 1 N–H and O–H groups in total. The number of benzene rings is 2. The van der Waals surface area contributed by atoms with Gasteiger partial charge >= 0.3 is 6.18 Å². The first-order valence-corrected chi connectivity index (χ1v) is 8.52. The van der Waals surface area contributed by atoms with Crippen LogP contribution >= 0.6 is 0 Å². The average molecular weight is 391 g/mol. The Kier molecular flexibility index (Phi) is 5.22. The fraction of sp³-hybridized carbons (Fsp3) is 0.200. The second kappa shape index (κ2) is 7.46. The fourth-order valence-corrected chi connectivity index (χ4v) is 2.80. The van der Waals surface area contributed by atoms with Crippen LogP contribution in [0.15, 0.2) is 48.5 Å². The Morgan fingerprint density at radius 1 is 1.14 bits per heavy atom. The third-order valence-electron chi connectivity index (χ3n) is 4.15. The van der Waals surface area contributed by atoms with Crippen LogP contribution in [0.3, 0.4) is 0 Å². The van der Waals surface area contributed by atoms with Crippen LogP contribution in [0.25, 0.3) is 11.3 Å². The molecule has 4 nitrogen and oxygen atoms in total. The first-order valence-electron chi connectivity index (χ1n) is 8.52. The van der Waals surface area contributed by atoms with Crippen LogP contribution in [0, 0.1) is 12.7 Å². The number of amides is 1. The van der Waals surface area contributed by atoms with Crippen molar-refractivity contribution in [3.63, 3.8) is 0 Å². The Labute approximate surface area is 158 Å². The van der Waals surface area contributed by atoms with Crippen LogP contribution in [0.1, 0.15) is 28.5 Å². The van der Waals surface area contributed by atoms with Crippen LogP contribution in [0.5, 0.6) is 0 Å². The van der Waals surface area contributed by atoms with Gasteiger partial charge in [0.15, 0.2) is 5.69 Å². The number of aryl methyl sites for hydroxylation is 2. The molecule has 28 heavy (non-hydrogen) atoms. The first-order chi connectivity index (χ1) is 13.2. The lowest BCUT2D eigenvalue weighted by Crippen LogP contribution is -2.12. The molecule has 0 fully saturated rings. The molecule has 1 heterocycles. The lowest BCUT2D eigenvalue weighted by Gasteiger charge is -2.09. The minimum atomic E-state index is -4.63. The highest BCUT2D eigenvalue weighted by Gasteiger charge is 2.35. The third-order valence-corrected chi connectivity index (χ3v) is 4.15. The number of anilines is 1. The number of carbonyl (C=O) groups excluding carboxylic acids is 1. The fourth-order valence-electron chi connectivity index (χ4n) is 2.80. The number of rotatable bonds is 4. The van der Waals surface area contributed by atoms with Crippen molar-refractivity contribution in [1.29, 1.82) is 0 Å². The summed E-state index contributed by atoms with van der Waals surface area (Å²) < 4.78 is 54.4. The Hall–Kier alpha value is -3.16. The monoisotopic (exact) mass is 391 g/mol. The number of nitrogens with zero attached hydrogens (tertiary/aromatic N) is 2. The summed E-state index contributed by atoms with van der Waals surface area (Å²) in [5.74, 6) is -1.32. The molecular weight excluding hydrogens is 374 g/mol. The number of nitrogens with one attached hydrogen (secondary N) is 1. The van der Waals surface area contributed by atoms with E-state index in [0.717, 1.165) is 22.4 Å². The second-order valence-electron chi connectivity index (χ2n) is 6.25. The summed E-state index contributed by atoms with van der Waals surface area (Å²) in [6.07, 6.45) is -4.63. The molecule has 2 aromatic carbocycles. The number of halogens is 4. The van der Waals surface area contributed by atoms with Crippen molar-refractivity contribution >= 4 is 11.6 Å². The molecule has 8 heteroatoms. The van der Waals surface area contributed by atoms with Crippen LogP contribution in [0.4, 0.5) is 23.2 Å². The number of hydrogen-bond acceptors (Lipinski definition) is 2. The Morgan fingerprint density at radius 2 is 1.89 bits per heavy atom. The zero-order chi connectivity index (χ0) is 20.5. The molecule has 0 atom stereocenters. The number of aromatic nitrogens is 2. The van der Waals surface area contributed by atoms with E-state index in [2.05, 4.69) is 10.4 Å². The molecule has 3 aromatic rings. The van der Waals surface area contributed by atoms with E-state index in [1.54, 1.807) is 25.1 Å². The van der Waals surface area contributed by atoms with Gasteiger partial charge in [-0.1, -0.05) is 12.1 Å². The summed E-state index contributed by atoms with van der Waals surface area (Å²) in [5, 5.41) is 6.14. The highest BCUT2D eigenvalue weighted by Crippen LogP contribution is 2.33. The molecule has 0 unspecified atom stereocenters. The number of hydrogen-bond donors (Lipinski definition) is 1. The van der Waals surface area contributed by atoms with Gasteiger partial charge in [-0.25, -0.2) is 4.39 Å². The van der Waals surface area contributed by atoms with E-state index in [1.807, 2.05) is 13.0 Å². The van der Waals surface area contributed by atoms with Crippen LogP contribution in [0.2, 0.25) is 0 Å². The molecule has 3 rings (SSSR count). The van der Waals surface area contributed by atoms with Crippen molar-refractivity contribution in [3.05, 3.63) is 71.2 Å². The maximum atomic E-state index is 14.6. The summed E-state index contributed by atoms with van der Waals surface area (Å²) in [6.45, 7) is 3.62. The van der Waals surface area contributed by atoms with Gasteiger partial charge in [-0.2, -0.15) is 18.3 Å². The summed E-state index contributed by atoms with van der Waals surface area (Å²) >= 11 is 0. The SMILES string of the molecule is CCn1nc(C(F)(F)F)cc1-c1ccc(C(=O)Nc2cccc(C)c2)cc1F. The Bertz CT molecular complexity index is 1020. The van der Waals surface area contributed by atoms with E-state index in [4.69, 9.17) is 0 Å². The normalized spacial score (nSPS) is 11.5. The summed E-state index contributed by atoms with van der Waals surface area (Å²) in [7, 11) is 0. The van der Waals surface area contributed by atoms with Gasteiger partial charge in [-0.15, -0.1) is 0 Å². The predicted molar refractivity (Wildman–Crippen MR) is 97.4 cm³/mol. The molecule has 0 saturated carbocycles. The van der Waals surface area contributed by atoms with Crippen molar-refractivity contribution in [3.8, 4) is 11.3 Å². The highest BCUT2D eigenvalue weighted by atomic mass is 19.4. The molecular formula is C20H17F4N3O. The van der Waals surface area contributed by atoms with Crippen molar-refractivity contribution < 1.29 is 22.4 Å². The lowest BCUT2D eigenvalue weighted by atomic mass is 10.1. The smallest absolute Gasteiger partial charge is 0.322 e. The van der Waals surface area contributed by atoms with Gasteiger partial charge in [-0.3, -0.25) is 9.48 Å². The van der Waals surface area contributed by atoms with Gasteiger partial charge in [0.25, 0.3) is 5.91 Å². The van der Waals surface area contributed by atoms with Crippen molar-refractivity contribution in [2.24, 2.45) is 0 Å². The van der Waals surface area contributed by atoms with E-state index in [1.165, 1.54) is 12.1 Å². The van der Waals surface area contributed by atoms with Crippen molar-refractivity contribution in [1.82, 2.24) is 9.78 Å². The van der Waals surface area contributed by atoms with E-state index < -0.39 is 23.6 Å². The molecule has 0 aliphatic rings. The van der Waals surface area contributed by atoms with Gasteiger partial charge < -0.3 is 5.32 Å². The number of alkyl halides is 3. The minimum absolute atomic E-state index is 0.00188. The third kappa shape index (κ3) is 4.05. The van der Waals surface area contributed by atoms with Gasteiger partial charge in [-0.05, 0) is 55.8 Å². The maximum Gasteiger partial charge on any atom is 0.435 e. The second-order valence-corrected chi connectivity index (χ2v) is 6.25. The van der Waals surface area contributed by atoms with Crippen LogP contribution < -0.4 is 5.32 Å². The van der Waals surface area contributed by atoms with E-state index in [9.17, 15) is 22.4 Å². The molecule has 0 bridgehead atoms. The van der Waals surface area contributed by atoms with Crippen molar-refractivity contribution in [2.45, 2.75) is 26.6 Å². The molecule has 1 amide bonds. The molecule has 1 aromatic heterocycles. The summed E-state index contributed by atoms with van der Waals surface area (Å²) in [5.41, 5.74) is 0.419. The highest BCUT2D eigenvalue weighted by molar-refractivity contribution is 6.04. The summed E-state index contributed by atoms with van der Waals surface area (Å²) in [6, 6.07) is 11.6.